The van der Waals surface area contributed by atoms with Crippen molar-refractivity contribution < 1.29 is 41.8 Å². The molecule has 0 spiro atoms. The number of hydrogen-bond donors (Lipinski definition) is 1. The number of aliphatic hydroxyl groups is 1. The standard InChI is InChI=1S/C13H19BBrFO3.C9H21BO3.C7H6BrFO/c1-9(2)18-14(19-10(3)4)17-8-11-7-12(16)5-6-13(11)15;1-7(2)11-10(12-8(3)4)13-9(5)6;8-7-2-1-6(9)3-5(7)4-10/h5-7,9-10H,8H2,1-4H3;7-9H,1-6H3;1-3,10H,4H2. The number of hydrogen-bond acceptors (Lipinski definition) is 7. The van der Waals surface area contributed by atoms with Crippen molar-refractivity contribution in [2.75, 3.05) is 0 Å². The van der Waals surface area contributed by atoms with E-state index in [9.17, 15) is 8.78 Å². The molecule has 0 unspecified atom stereocenters. The van der Waals surface area contributed by atoms with Crippen molar-refractivity contribution in [3.05, 3.63) is 68.1 Å². The minimum absolute atomic E-state index is 0.0142. The highest BCUT2D eigenvalue weighted by Gasteiger charge is 2.26. The molecule has 7 nitrogen and oxygen atoms in total. The lowest BCUT2D eigenvalue weighted by Crippen LogP contribution is -2.34. The van der Waals surface area contributed by atoms with Gasteiger partial charge in [-0.2, -0.15) is 0 Å². The molecule has 0 aromatic heterocycles. The first-order valence-electron chi connectivity index (χ1n) is 13.9. The lowest BCUT2D eigenvalue weighted by Gasteiger charge is -2.20. The highest BCUT2D eigenvalue weighted by molar-refractivity contribution is 9.10. The van der Waals surface area contributed by atoms with E-state index in [2.05, 4.69) is 31.9 Å². The van der Waals surface area contributed by atoms with Gasteiger partial charge in [0.2, 0.25) is 0 Å². The van der Waals surface area contributed by atoms with Crippen LogP contribution in [-0.4, -0.2) is 50.3 Å². The first-order valence-corrected chi connectivity index (χ1v) is 15.5. The Morgan fingerprint density at radius 2 is 0.929 bits per heavy atom. The molecule has 0 aliphatic rings. The maximum absolute atomic E-state index is 13.2. The van der Waals surface area contributed by atoms with Gasteiger partial charge in [0.25, 0.3) is 0 Å². The fourth-order valence-corrected chi connectivity index (χ4v) is 3.53. The monoisotopic (exact) mass is 724 g/mol. The zero-order chi connectivity index (χ0) is 32.4. The molecule has 0 saturated carbocycles. The summed E-state index contributed by atoms with van der Waals surface area (Å²) < 4.78 is 59.9. The van der Waals surface area contributed by atoms with E-state index >= 15 is 0 Å². The minimum Gasteiger partial charge on any atom is -0.392 e. The molecule has 0 fully saturated rings. The van der Waals surface area contributed by atoms with Crippen molar-refractivity contribution in [3.63, 3.8) is 0 Å². The highest BCUT2D eigenvalue weighted by atomic mass is 79.9. The topological polar surface area (TPSA) is 75.6 Å². The lowest BCUT2D eigenvalue weighted by molar-refractivity contribution is 0.0334. The molecule has 42 heavy (non-hydrogen) atoms. The number of aliphatic hydroxyl groups excluding tert-OH is 1. The Kier molecular flexibility index (Phi) is 22.1. The second-order valence-corrected chi connectivity index (χ2v) is 12.2. The van der Waals surface area contributed by atoms with Crippen LogP contribution in [-0.2, 0) is 41.1 Å². The van der Waals surface area contributed by atoms with Crippen molar-refractivity contribution in [2.24, 2.45) is 0 Å². The van der Waals surface area contributed by atoms with Gasteiger partial charge in [-0.25, -0.2) is 8.78 Å². The molecule has 0 amide bonds. The van der Waals surface area contributed by atoms with Crippen LogP contribution in [0.5, 0.6) is 0 Å². The molecule has 0 atom stereocenters. The van der Waals surface area contributed by atoms with E-state index in [0.29, 0.717) is 11.1 Å². The summed E-state index contributed by atoms with van der Waals surface area (Å²) in [5.41, 5.74) is 1.28. The van der Waals surface area contributed by atoms with Gasteiger partial charge in [0.15, 0.2) is 0 Å². The first kappa shape index (κ1) is 41.1. The smallest absolute Gasteiger partial charge is 0.392 e. The average Bonchev–Trinajstić information content (AvgIpc) is 2.84. The lowest BCUT2D eigenvalue weighted by atomic mass is 10.1. The molecule has 238 valence electrons. The van der Waals surface area contributed by atoms with E-state index in [0.717, 1.165) is 8.95 Å². The first-order chi connectivity index (χ1) is 19.5. The summed E-state index contributed by atoms with van der Waals surface area (Å²) in [6, 6.07) is 8.66. The summed E-state index contributed by atoms with van der Waals surface area (Å²) in [7, 11) is -1.30. The van der Waals surface area contributed by atoms with Crippen LogP contribution in [0.2, 0.25) is 0 Å². The summed E-state index contributed by atoms with van der Waals surface area (Å²) in [5.74, 6) is -0.625. The Hall–Kier alpha value is -0.890. The summed E-state index contributed by atoms with van der Waals surface area (Å²) in [6.07, 6.45) is 0.312. The van der Waals surface area contributed by atoms with Crippen LogP contribution in [0.4, 0.5) is 8.78 Å². The molecule has 2 aromatic carbocycles. The fraction of sp³-hybridized carbons (Fsp3) is 0.586. The predicted octanol–water partition coefficient (Wildman–Crippen LogP) is 8.27. The molecule has 0 saturated heterocycles. The van der Waals surface area contributed by atoms with Crippen molar-refractivity contribution in [1.29, 1.82) is 0 Å². The van der Waals surface area contributed by atoms with Crippen LogP contribution in [0.3, 0.4) is 0 Å². The molecule has 0 heterocycles. The van der Waals surface area contributed by atoms with E-state index in [1.807, 2.05) is 69.2 Å². The van der Waals surface area contributed by atoms with Crippen LogP contribution < -0.4 is 0 Å². The Balaban J connectivity index is 0.000000636. The zero-order valence-electron chi connectivity index (χ0n) is 26.3. The molecule has 2 aromatic rings. The summed E-state index contributed by atoms with van der Waals surface area (Å²) in [5, 5.41) is 8.65. The SMILES string of the molecule is CC(C)OB(OC(C)C)OC(C)C.CC(C)OB(OCc1cc(F)ccc1Br)OC(C)C.OCc1cc(F)ccc1Br. The van der Waals surface area contributed by atoms with Crippen molar-refractivity contribution >= 4 is 46.5 Å². The molecule has 0 aliphatic heterocycles. The van der Waals surface area contributed by atoms with Crippen LogP contribution in [0, 0.1) is 11.6 Å². The Morgan fingerprint density at radius 1 is 0.595 bits per heavy atom. The Bertz CT molecular complexity index is 969. The van der Waals surface area contributed by atoms with Crippen LogP contribution in [0.15, 0.2) is 45.3 Å². The van der Waals surface area contributed by atoms with E-state index in [1.54, 1.807) is 12.1 Å². The van der Waals surface area contributed by atoms with E-state index in [1.165, 1.54) is 24.3 Å². The maximum Gasteiger partial charge on any atom is 0.640 e. The normalized spacial score (nSPS) is 11.1. The molecule has 0 radical (unpaired) electrons. The molecule has 1 N–H and O–H groups in total. The van der Waals surface area contributed by atoms with E-state index < -0.39 is 14.6 Å². The third-order valence-electron chi connectivity index (χ3n) is 4.48. The Labute approximate surface area is 268 Å². The Morgan fingerprint density at radius 3 is 1.26 bits per heavy atom. The predicted molar refractivity (Wildman–Crippen MR) is 172 cm³/mol. The van der Waals surface area contributed by atoms with Crippen molar-refractivity contribution in [2.45, 2.75) is 113 Å². The summed E-state index contributed by atoms with van der Waals surface area (Å²) in [6.45, 7) is 19.4. The van der Waals surface area contributed by atoms with Crippen LogP contribution in [0.1, 0.15) is 80.4 Å². The molecular weight excluding hydrogens is 680 g/mol. The maximum atomic E-state index is 13.2. The average molecular weight is 726 g/mol. The summed E-state index contributed by atoms with van der Waals surface area (Å²) in [4.78, 5) is 0. The summed E-state index contributed by atoms with van der Waals surface area (Å²) >= 11 is 6.52. The van der Waals surface area contributed by atoms with Gasteiger partial charge in [0, 0.05) is 39.5 Å². The fourth-order valence-electron chi connectivity index (χ4n) is 2.79. The molecule has 0 bridgehead atoms. The second kappa shape index (κ2) is 22.6. The van der Waals surface area contributed by atoms with E-state index in [4.69, 9.17) is 33.0 Å². The third kappa shape index (κ3) is 20.9. The van der Waals surface area contributed by atoms with Gasteiger partial charge >= 0.3 is 14.6 Å². The van der Waals surface area contributed by atoms with Gasteiger partial charge in [0.05, 0.1) is 13.2 Å². The molecular formula is C29H46B2Br2F2O7. The van der Waals surface area contributed by atoms with Gasteiger partial charge < -0.3 is 33.0 Å². The minimum atomic E-state index is -0.754. The van der Waals surface area contributed by atoms with Crippen molar-refractivity contribution in [1.82, 2.24) is 0 Å². The second-order valence-electron chi connectivity index (χ2n) is 10.4. The third-order valence-corrected chi connectivity index (χ3v) is 6.02. The highest BCUT2D eigenvalue weighted by Crippen LogP contribution is 2.20. The van der Waals surface area contributed by atoms with Gasteiger partial charge in [-0.1, -0.05) is 31.9 Å². The number of benzene rings is 2. The van der Waals surface area contributed by atoms with Crippen LogP contribution >= 0.6 is 31.9 Å². The molecule has 13 heteroatoms. The largest absolute Gasteiger partial charge is 0.640 e. The number of halogens is 4. The van der Waals surface area contributed by atoms with Gasteiger partial charge in [0.1, 0.15) is 11.6 Å². The molecule has 2 rings (SSSR count). The van der Waals surface area contributed by atoms with Crippen molar-refractivity contribution in [3.8, 4) is 0 Å². The van der Waals surface area contributed by atoms with Gasteiger partial charge in [-0.15, -0.1) is 0 Å². The van der Waals surface area contributed by atoms with Gasteiger partial charge in [-0.05, 0) is 117 Å². The van der Waals surface area contributed by atoms with Crippen LogP contribution in [0.25, 0.3) is 0 Å². The quantitative estimate of drug-likeness (QED) is 0.197. The van der Waals surface area contributed by atoms with Gasteiger partial charge in [-0.3, -0.25) is 0 Å². The number of rotatable bonds is 14. The molecule has 0 aliphatic carbocycles. The van der Waals surface area contributed by atoms with E-state index in [-0.39, 0.29) is 55.4 Å². The zero-order valence-corrected chi connectivity index (χ0v) is 29.5.